The normalized spacial score (nSPS) is 13.1. The fourth-order valence-corrected chi connectivity index (χ4v) is 1.26. The van der Waals surface area contributed by atoms with Gasteiger partial charge in [-0.2, -0.15) is 0 Å². The molecule has 0 radical (unpaired) electrons. The Morgan fingerprint density at radius 1 is 1.43 bits per heavy atom. The third-order valence-electron chi connectivity index (χ3n) is 2.06. The highest BCUT2D eigenvalue weighted by Gasteiger charge is 2.10. The minimum Gasteiger partial charge on any atom is -0.508 e. The van der Waals surface area contributed by atoms with Crippen molar-refractivity contribution in [2.75, 3.05) is 20.6 Å². The molecule has 0 heterocycles. The Morgan fingerprint density at radius 3 is 2.71 bits per heavy atom. The van der Waals surface area contributed by atoms with Gasteiger partial charge in [-0.05, 0) is 38.2 Å². The van der Waals surface area contributed by atoms with E-state index < -0.39 is 6.17 Å². The first kappa shape index (κ1) is 11.0. The number of nitrogens with zero attached hydrogens (tertiary/aromatic N) is 1. The number of phenolic OH excluding ortho intramolecular Hbond substituents is 1. The van der Waals surface area contributed by atoms with Crippen LogP contribution in [0.1, 0.15) is 18.2 Å². The summed E-state index contributed by atoms with van der Waals surface area (Å²) in [6, 6.07) is 6.37. The van der Waals surface area contributed by atoms with Crippen molar-refractivity contribution in [3.8, 4) is 5.75 Å². The van der Waals surface area contributed by atoms with Gasteiger partial charge in [-0.15, -0.1) is 0 Å². The first-order valence-corrected chi connectivity index (χ1v) is 4.67. The fraction of sp³-hybridized carbons (Fsp3) is 0.455. The van der Waals surface area contributed by atoms with Gasteiger partial charge in [0.25, 0.3) is 0 Å². The molecule has 1 atom stereocenters. The number of phenols is 1. The number of benzene rings is 1. The van der Waals surface area contributed by atoms with Crippen LogP contribution in [0.5, 0.6) is 5.75 Å². The molecule has 0 saturated heterocycles. The van der Waals surface area contributed by atoms with Gasteiger partial charge in [0, 0.05) is 6.54 Å². The second-order valence-electron chi connectivity index (χ2n) is 3.65. The van der Waals surface area contributed by atoms with Gasteiger partial charge >= 0.3 is 0 Å². The van der Waals surface area contributed by atoms with Gasteiger partial charge in [-0.25, -0.2) is 4.39 Å². The van der Waals surface area contributed by atoms with E-state index in [-0.39, 0.29) is 5.75 Å². The van der Waals surface area contributed by atoms with Gasteiger partial charge in [0.15, 0.2) is 0 Å². The lowest BCUT2D eigenvalue weighted by Crippen LogP contribution is -2.14. The van der Waals surface area contributed by atoms with E-state index in [1.807, 2.05) is 19.0 Å². The molecule has 0 bridgehead atoms. The van der Waals surface area contributed by atoms with Crippen LogP contribution in [0.25, 0.3) is 0 Å². The molecule has 1 aromatic rings. The predicted molar refractivity (Wildman–Crippen MR) is 55.1 cm³/mol. The molecule has 0 saturated carbocycles. The minimum atomic E-state index is -0.996. The SMILES string of the molecule is CN(C)CCC(F)c1cccc(O)c1. The maximum absolute atomic E-state index is 13.5. The summed E-state index contributed by atoms with van der Waals surface area (Å²) in [6.45, 7) is 0.705. The number of hydrogen-bond acceptors (Lipinski definition) is 2. The van der Waals surface area contributed by atoms with Crippen molar-refractivity contribution in [2.24, 2.45) is 0 Å². The maximum atomic E-state index is 13.5. The average Bonchev–Trinajstić information content (AvgIpc) is 2.14. The zero-order valence-corrected chi connectivity index (χ0v) is 8.57. The van der Waals surface area contributed by atoms with Crippen molar-refractivity contribution in [1.29, 1.82) is 0 Å². The Balaban J connectivity index is 2.56. The molecular weight excluding hydrogens is 181 g/mol. The second kappa shape index (κ2) is 4.96. The summed E-state index contributed by atoms with van der Waals surface area (Å²) in [6.07, 6.45) is -0.541. The van der Waals surface area contributed by atoms with Crippen molar-refractivity contribution < 1.29 is 9.50 Å². The number of halogens is 1. The molecule has 2 nitrogen and oxygen atoms in total. The standard InChI is InChI=1S/C11H16FNO/c1-13(2)7-6-11(12)9-4-3-5-10(14)8-9/h3-5,8,11,14H,6-7H2,1-2H3. The molecule has 0 aromatic heterocycles. The lowest BCUT2D eigenvalue weighted by Gasteiger charge is -2.12. The van der Waals surface area contributed by atoms with Crippen molar-refractivity contribution >= 4 is 0 Å². The first-order chi connectivity index (χ1) is 6.59. The highest BCUT2D eigenvalue weighted by Crippen LogP contribution is 2.24. The average molecular weight is 197 g/mol. The predicted octanol–water partition coefficient (Wildman–Crippen LogP) is 2.35. The van der Waals surface area contributed by atoms with E-state index in [1.54, 1.807) is 18.2 Å². The Labute approximate surface area is 84.0 Å². The largest absolute Gasteiger partial charge is 0.508 e. The van der Waals surface area contributed by atoms with Crippen LogP contribution in [-0.2, 0) is 0 Å². The quantitative estimate of drug-likeness (QED) is 0.801. The van der Waals surface area contributed by atoms with E-state index in [0.717, 1.165) is 0 Å². The summed E-state index contributed by atoms with van der Waals surface area (Å²) in [5, 5.41) is 9.16. The Bertz CT molecular complexity index is 288. The minimum absolute atomic E-state index is 0.120. The highest BCUT2D eigenvalue weighted by atomic mass is 19.1. The number of hydrogen-bond donors (Lipinski definition) is 1. The van der Waals surface area contributed by atoms with E-state index >= 15 is 0 Å². The highest BCUT2D eigenvalue weighted by molar-refractivity contribution is 5.28. The zero-order valence-electron chi connectivity index (χ0n) is 8.57. The molecule has 1 rings (SSSR count). The van der Waals surface area contributed by atoms with E-state index in [9.17, 15) is 4.39 Å². The molecule has 0 fully saturated rings. The lowest BCUT2D eigenvalue weighted by molar-refractivity contribution is 0.278. The molecule has 14 heavy (non-hydrogen) atoms. The third kappa shape index (κ3) is 3.34. The van der Waals surface area contributed by atoms with Crippen molar-refractivity contribution in [2.45, 2.75) is 12.6 Å². The summed E-state index contributed by atoms with van der Waals surface area (Å²) >= 11 is 0. The van der Waals surface area contributed by atoms with Crippen LogP contribution in [0.2, 0.25) is 0 Å². The third-order valence-corrected chi connectivity index (χ3v) is 2.06. The van der Waals surface area contributed by atoms with Crippen molar-refractivity contribution in [3.63, 3.8) is 0 Å². The Kier molecular flexibility index (Phi) is 3.89. The van der Waals surface area contributed by atoms with Gasteiger partial charge in [0.05, 0.1) is 0 Å². The summed E-state index contributed by atoms with van der Waals surface area (Å²) in [7, 11) is 3.82. The maximum Gasteiger partial charge on any atom is 0.126 e. The molecule has 0 aliphatic carbocycles. The van der Waals surface area contributed by atoms with E-state index in [4.69, 9.17) is 5.11 Å². The van der Waals surface area contributed by atoms with Gasteiger partial charge < -0.3 is 10.0 Å². The van der Waals surface area contributed by atoms with Crippen LogP contribution in [-0.4, -0.2) is 30.6 Å². The fourth-order valence-electron chi connectivity index (χ4n) is 1.26. The molecule has 0 aliphatic heterocycles. The Hall–Kier alpha value is -1.09. The van der Waals surface area contributed by atoms with Crippen LogP contribution in [0.3, 0.4) is 0 Å². The van der Waals surface area contributed by atoms with Crippen LogP contribution in [0.15, 0.2) is 24.3 Å². The van der Waals surface area contributed by atoms with Gasteiger partial charge in [-0.3, -0.25) is 0 Å². The molecule has 0 spiro atoms. The Morgan fingerprint density at radius 2 is 2.14 bits per heavy atom. The second-order valence-corrected chi connectivity index (χ2v) is 3.65. The molecule has 0 amide bonds. The van der Waals surface area contributed by atoms with Crippen LogP contribution in [0.4, 0.5) is 4.39 Å². The van der Waals surface area contributed by atoms with Crippen LogP contribution >= 0.6 is 0 Å². The van der Waals surface area contributed by atoms with Gasteiger partial charge in [-0.1, -0.05) is 12.1 Å². The first-order valence-electron chi connectivity index (χ1n) is 4.67. The summed E-state index contributed by atoms with van der Waals surface area (Å²) in [5.74, 6) is 0.120. The molecule has 1 N–H and O–H groups in total. The summed E-state index contributed by atoms with van der Waals surface area (Å²) in [5.41, 5.74) is 0.548. The monoisotopic (exact) mass is 197 g/mol. The molecular formula is C11H16FNO. The van der Waals surface area contributed by atoms with Crippen molar-refractivity contribution in [3.05, 3.63) is 29.8 Å². The van der Waals surface area contributed by atoms with Gasteiger partial charge in [0.1, 0.15) is 11.9 Å². The molecule has 3 heteroatoms. The van der Waals surface area contributed by atoms with Crippen LogP contribution in [0, 0.1) is 0 Å². The molecule has 78 valence electrons. The van der Waals surface area contributed by atoms with E-state index in [0.29, 0.717) is 18.5 Å². The number of alkyl halides is 1. The smallest absolute Gasteiger partial charge is 0.126 e. The van der Waals surface area contributed by atoms with Gasteiger partial charge in [0.2, 0.25) is 0 Å². The van der Waals surface area contributed by atoms with Crippen molar-refractivity contribution in [1.82, 2.24) is 4.90 Å². The summed E-state index contributed by atoms with van der Waals surface area (Å²) in [4.78, 5) is 1.94. The van der Waals surface area contributed by atoms with E-state index in [2.05, 4.69) is 0 Å². The van der Waals surface area contributed by atoms with E-state index in [1.165, 1.54) is 6.07 Å². The molecule has 0 aliphatic rings. The number of rotatable bonds is 4. The molecule has 1 aromatic carbocycles. The van der Waals surface area contributed by atoms with Crippen LogP contribution < -0.4 is 0 Å². The topological polar surface area (TPSA) is 23.5 Å². The lowest BCUT2D eigenvalue weighted by atomic mass is 10.1. The zero-order chi connectivity index (χ0) is 10.6. The summed E-state index contributed by atoms with van der Waals surface area (Å²) < 4.78 is 13.5. The molecule has 1 unspecified atom stereocenters. The number of aromatic hydroxyl groups is 1.